The molecule has 2 aromatic carbocycles. The summed E-state index contributed by atoms with van der Waals surface area (Å²) in [5, 5.41) is 14.4. The summed E-state index contributed by atoms with van der Waals surface area (Å²) in [4.78, 5) is 36.3. The number of hydrogen-bond donors (Lipinski definition) is 3. The van der Waals surface area contributed by atoms with Gasteiger partial charge in [0.1, 0.15) is 12.6 Å². The number of aliphatic carboxylic acids is 1. The van der Waals surface area contributed by atoms with Crippen LogP contribution in [0.3, 0.4) is 0 Å². The highest BCUT2D eigenvalue weighted by Gasteiger charge is 2.30. The van der Waals surface area contributed by atoms with Gasteiger partial charge in [-0.15, -0.1) is 0 Å². The summed E-state index contributed by atoms with van der Waals surface area (Å²) in [5.74, 6) is -1.61. The van der Waals surface area contributed by atoms with Crippen LogP contribution in [0.5, 0.6) is 0 Å². The van der Waals surface area contributed by atoms with Crippen LogP contribution in [-0.2, 0) is 14.3 Å². The number of benzene rings is 2. The maximum atomic E-state index is 12.6. The van der Waals surface area contributed by atoms with E-state index >= 15 is 0 Å². The number of nitrogens with one attached hydrogen (secondary N) is 2. The van der Waals surface area contributed by atoms with E-state index in [1.165, 1.54) is 0 Å². The second-order valence-corrected chi connectivity index (χ2v) is 8.30. The third-order valence-corrected chi connectivity index (χ3v) is 6.20. The molecule has 0 aromatic heterocycles. The van der Waals surface area contributed by atoms with E-state index in [2.05, 4.69) is 10.6 Å². The molecule has 1 aliphatic rings. The van der Waals surface area contributed by atoms with Crippen LogP contribution in [0.25, 0.3) is 11.1 Å². The van der Waals surface area contributed by atoms with Gasteiger partial charge in [0.25, 0.3) is 0 Å². The van der Waals surface area contributed by atoms with Crippen LogP contribution in [0.1, 0.15) is 50.7 Å². The molecule has 32 heavy (non-hydrogen) atoms. The quantitative estimate of drug-likeness (QED) is 0.550. The van der Waals surface area contributed by atoms with Gasteiger partial charge in [-0.2, -0.15) is 0 Å². The van der Waals surface area contributed by atoms with Crippen molar-refractivity contribution >= 4 is 18.0 Å². The largest absolute Gasteiger partial charge is 0.481 e. The van der Waals surface area contributed by atoms with Crippen molar-refractivity contribution in [3.05, 3.63) is 59.7 Å². The number of hydrogen-bond acceptors (Lipinski definition) is 4. The molecule has 3 rings (SSSR count). The van der Waals surface area contributed by atoms with Crippen molar-refractivity contribution in [2.75, 3.05) is 6.61 Å². The Labute approximate surface area is 188 Å². The van der Waals surface area contributed by atoms with Crippen molar-refractivity contribution in [3.8, 4) is 11.1 Å². The van der Waals surface area contributed by atoms with Gasteiger partial charge < -0.3 is 20.5 Å². The zero-order valence-electron chi connectivity index (χ0n) is 18.6. The lowest BCUT2D eigenvalue weighted by atomic mass is 9.98. The summed E-state index contributed by atoms with van der Waals surface area (Å²) in [7, 11) is 0. The van der Waals surface area contributed by atoms with Gasteiger partial charge in [0.2, 0.25) is 5.91 Å². The molecule has 0 radical (unpaired) electrons. The Morgan fingerprint density at radius 2 is 1.53 bits per heavy atom. The number of carboxylic acid groups (broad SMARTS) is 1. The minimum Gasteiger partial charge on any atom is -0.481 e. The number of alkyl carbamates (subject to hydrolysis) is 1. The molecule has 0 saturated carbocycles. The van der Waals surface area contributed by atoms with Crippen LogP contribution in [0, 0.1) is 5.92 Å². The first kappa shape index (κ1) is 23.3. The van der Waals surface area contributed by atoms with Crippen molar-refractivity contribution in [1.29, 1.82) is 0 Å². The summed E-state index contributed by atoms with van der Waals surface area (Å²) in [5.41, 5.74) is 4.37. The van der Waals surface area contributed by atoms with Crippen LogP contribution in [0.15, 0.2) is 48.5 Å². The summed E-state index contributed by atoms with van der Waals surface area (Å²) in [6, 6.07) is 14.6. The lowest BCUT2D eigenvalue weighted by molar-refractivity contribution is -0.140. The fourth-order valence-electron chi connectivity index (χ4n) is 3.99. The second-order valence-electron chi connectivity index (χ2n) is 8.30. The van der Waals surface area contributed by atoms with E-state index in [0.717, 1.165) is 28.7 Å². The lowest BCUT2D eigenvalue weighted by Gasteiger charge is -2.23. The number of ether oxygens (including phenoxy) is 1. The fraction of sp³-hybridized carbons (Fsp3) is 0.400. The van der Waals surface area contributed by atoms with Crippen LogP contribution < -0.4 is 10.6 Å². The van der Waals surface area contributed by atoms with Crippen molar-refractivity contribution < 1.29 is 24.2 Å². The summed E-state index contributed by atoms with van der Waals surface area (Å²) in [6.45, 7) is 5.95. The monoisotopic (exact) mass is 438 g/mol. The molecule has 1 aliphatic carbocycles. The molecule has 3 atom stereocenters. The molecule has 0 fully saturated rings. The molecule has 2 aromatic rings. The highest BCUT2D eigenvalue weighted by Crippen LogP contribution is 2.44. The zero-order valence-corrected chi connectivity index (χ0v) is 18.6. The van der Waals surface area contributed by atoms with Crippen molar-refractivity contribution in [3.63, 3.8) is 0 Å². The predicted molar refractivity (Wildman–Crippen MR) is 121 cm³/mol. The van der Waals surface area contributed by atoms with Crippen LogP contribution in [-0.4, -0.2) is 41.8 Å². The molecule has 3 unspecified atom stereocenters. The Morgan fingerprint density at radius 1 is 0.969 bits per heavy atom. The molecular formula is C25H30N2O5. The van der Waals surface area contributed by atoms with E-state index in [1.807, 2.05) is 69.3 Å². The number of amides is 2. The van der Waals surface area contributed by atoms with Gasteiger partial charge in [-0.25, -0.2) is 4.79 Å². The minimum atomic E-state index is -1.21. The minimum absolute atomic E-state index is 0.0878. The van der Waals surface area contributed by atoms with Crippen molar-refractivity contribution in [1.82, 2.24) is 10.6 Å². The third-order valence-electron chi connectivity index (χ3n) is 6.20. The topological polar surface area (TPSA) is 105 Å². The molecule has 170 valence electrons. The zero-order chi connectivity index (χ0) is 23.3. The Bertz CT molecular complexity index is 944. The SMILES string of the molecule is CCC(C)C(C)NC(=O)C(CC(=O)O)NC(=O)OCC1c2ccccc2-c2ccccc21. The molecule has 0 saturated heterocycles. The Kier molecular flexibility index (Phi) is 7.51. The van der Waals surface area contributed by atoms with Crippen LogP contribution in [0.4, 0.5) is 4.79 Å². The summed E-state index contributed by atoms with van der Waals surface area (Å²) >= 11 is 0. The van der Waals surface area contributed by atoms with Crippen molar-refractivity contribution in [2.45, 2.75) is 51.6 Å². The predicted octanol–water partition coefficient (Wildman–Crippen LogP) is 3.92. The van der Waals surface area contributed by atoms with E-state index < -0.39 is 30.4 Å². The highest BCUT2D eigenvalue weighted by atomic mass is 16.5. The van der Waals surface area contributed by atoms with E-state index in [9.17, 15) is 19.5 Å². The molecule has 2 amide bonds. The number of carbonyl (C=O) groups is 3. The summed E-state index contributed by atoms with van der Waals surface area (Å²) < 4.78 is 5.45. The second kappa shape index (κ2) is 10.3. The van der Waals surface area contributed by atoms with Gasteiger partial charge in [0.15, 0.2) is 0 Å². The maximum Gasteiger partial charge on any atom is 0.407 e. The van der Waals surface area contributed by atoms with E-state index in [1.54, 1.807) is 0 Å². The van der Waals surface area contributed by atoms with Crippen LogP contribution >= 0.6 is 0 Å². The maximum absolute atomic E-state index is 12.6. The van der Waals surface area contributed by atoms with Gasteiger partial charge in [-0.05, 0) is 35.1 Å². The lowest BCUT2D eigenvalue weighted by Crippen LogP contribution is -2.51. The third kappa shape index (κ3) is 5.28. The first-order valence-electron chi connectivity index (χ1n) is 11.0. The average molecular weight is 439 g/mol. The normalized spacial score (nSPS) is 15.1. The molecular weight excluding hydrogens is 408 g/mol. The number of carboxylic acids is 1. The van der Waals surface area contributed by atoms with E-state index in [-0.39, 0.29) is 24.5 Å². The Balaban J connectivity index is 1.65. The molecule has 3 N–H and O–H groups in total. The van der Waals surface area contributed by atoms with Gasteiger partial charge in [0, 0.05) is 12.0 Å². The average Bonchev–Trinajstić information content (AvgIpc) is 3.10. The molecule has 7 heteroatoms. The van der Waals surface area contributed by atoms with Gasteiger partial charge in [0.05, 0.1) is 6.42 Å². The molecule has 0 heterocycles. The fourth-order valence-corrected chi connectivity index (χ4v) is 3.99. The van der Waals surface area contributed by atoms with E-state index in [0.29, 0.717) is 0 Å². The standard InChI is InChI=1S/C25H30N2O5/c1-4-15(2)16(3)26-24(30)22(13-23(28)29)27-25(31)32-14-21-19-11-7-5-9-17(19)18-10-6-8-12-20(18)21/h5-12,15-16,21-22H,4,13-14H2,1-3H3,(H,26,30)(H,27,31)(H,28,29). The number of carbonyl (C=O) groups excluding carboxylic acids is 2. The van der Waals surface area contributed by atoms with Gasteiger partial charge in [-0.3, -0.25) is 9.59 Å². The highest BCUT2D eigenvalue weighted by molar-refractivity contribution is 5.89. The smallest absolute Gasteiger partial charge is 0.407 e. The van der Waals surface area contributed by atoms with Crippen molar-refractivity contribution in [2.24, 2.45) is 5.92 Å². The molecule has 0 bridgehead atoms. The van der Waals surface area contributed by atoms with Crippen LogP contribution in [0.2, 0.25) is 0 Å². The Morgan fingerprint density at radius 3 is 2.06 bits per heavy atom. The summed E-state index contributed by atoms with van der Waals surface area (Å²) in [6.07, 6.45) is -0.474. The molecule has 0 aliphatic heterocycles. The molecule has 0 spiro atoms. The van der Waals surface area contributed by atoms with E-state index in [4.69, 9.17) is 4.74 Å². The van der Waals surface area contributed by atoms with Gasteiger partial charge in [-0.1, -0.05) is 68.8 Å². The molecule has 7 nitrogen and oxygen atoms in total. The number of rotatable bonds is 9. The first-order chi connectivity index (χ1) is 15.3. The Hall–Kier alpha value is -3.35. The first-order valence-corrected chi connectivity index (χ1v) is 11.0. The number of fused-ring (bicyclic) bond motifs is 3. The van der Waals surface area contributed by atoms with Gasteiger partial charge >= 0.3 is 12.1 Å².